The largest absolute Gasteiger partial charge is 0.452 e. The summed E-state index contributed by atoms with van der Waals surface area (Å²) >= 11 is 0. The summed E-state index contributed by atoms with van der Waals surface area (Å²) in [5, 5.41) is 8.44. The van der Waals surface area contributed by atoms with Gasteiger partial charge in [-0.2, -0.15) is 0 Å². The number of pyridine rings is 1. The minimum Gasteiger partial charge on any atom is -0.452 e. The minimum atomic E-state index is 0.643. The van der Waals surface area contributed by atoms with Crippen LogP contribution in [0.3, 0.4) is 0 Å². The molecule has 6 heteroatoms. The predicted octanol–water partition coefficient (Wildman–Crippen LogP) is 9.99. The number of hydrogen-bond donors (Lipinski definition) is 1. The number of aromatic nitrogens is 5. The molecule has 11 aromatic rings. The highest BCUT2D eigenvalue weighted by Crippen LogP contribution is 2.37. The molecule has 0 aliphatic rings. The Morgan fingerprint density at radius 3 is 2.11 bits per heavy atom. The molecule has 0 atom stereocenters. The lowest BCUT2D eigenvalue weighted by atomic mass is 10.1. The van der Waals surface area contributed by atoms with Crippen LogP contribution in [-0.2, 0) is 0 Å². The van der Waals surface area contributed by atoms with Gasteiger partial charge in [0.2, 0.25) is 0 Å². The van der Waals surface area contributed by atoms with Gasteiger partial charge in [-0.05, 0) is 42.5 Å². The molecule has 0 aliphatic heterocycles. The zero-order valence-corrected chi connectivity index (χ0v) is 23.7. The highest BCUT2D eigenvalue weighted by molar-refractivity contribution is 6.23. The summed E-state index contributed by atoms with van der Waals surface area (Å²) in [6.45, 7) is 0. The number of furan rings is 1. The number of rotatable bonds is 0. The summed E-state index contributed by atoms with van der Waals surface area (Å²) in [6.07, 6.45) is 0. The molecular weight excluding hydrogens is 554 g/mol. The highest BCUT2D eigenvalue weighted by Gasteiger charge is 2.17. The van der Waals surface area contributed by atoms with Crippen LogP contribution in [0.2, 0.25) is 0 Å². The van der Waals surface area contributed by atoms with E-state index in [2.05, 4.69) is 113 Å². The van der Waals surface area contributed by atoms with Crippen molar-refractivity contribution in [2.24, 2.45) is 0 Å². The van der Waals surface area contributed by atoms with Crippen LogP contribution in [0.4, 0.5) is 0 Å². The van der Waals surface area contributed by atoms with Crippen LogP contribution < -0.4 is 0 Å². The van der Waals surface area contributed by atoms with E-state index in [1.165, 1.54) is 0 Å². The van der Waals surface area contributed by atoms with Crippen molar-refractivity contribution in [3.05, 3.63) is 121 Å². The van der Waals surface area contributed by atoms with Crippen LogP contribution >= 0.6 is 0 Å². The molecule has 0 aliphatic carbocycles. The van der Waals surface area contributed by atoms with Gasteiger partial charge in [0.1, 0.15) is 22.3 Å². The first-order chi connectivity index (χ1) is 22.3. The SMILES string of the molecule is c1ccc2c(c1)oc1c2nc2nc1c1cccc3c4cccc(c5ccc6c7ccccc7n(c7cccc2c7)c6n5)c4[nH]c31. The van der Waals surface area contributed by atoms with Gasteiger partial charge in [0.05, 0.1) is 22.1 Å². The smallest absolute Gasteiger partial charge is 0.180 e. The summed E-state index contributed by atoms with van der Waals surface area (Å²) in [4.78, 5) is 19.6. The number of nitrogens with zero attached hydrogens (tertiary/aromatic N) is 4. The maximum Gasteiger partial charge on any atom is 0.180 e. The fourth-order valence-electron chi connectivity index (χ4n) is 7.30. The summed E-state index contributed by atoms with van der Waals surface area (Å²) < 4.78 is 8.76. The quantitative estimate of drug-likeness (QED) is 0.195. The Morgan fingerprint density at radius 1 is 0.533 bits per heavy atom. The van der Waals surface area contributed by atoms with E-state index < -0.39 is 0 Å². The van der Waals surface area contributed by atoms with Crippen LogP contribution in [0.25, 0.3) is 104 Å². The summed E-state index contributed by atoms with van der Waals surface area (Å²) in [7, 11) is 0. The monoisotopic (exact) mass is 575 g/mol. The van der Waals surface area contributed by atoms with Gasteiger partial charge in [0, 0.05) is 48.6 Å². The van der Waals surface area contributed by atoms with Crippen molar-refractivity contribution < 1.29 is 4.42 Å². The first kappa shape index (κ1) is 23.2. The topological polar surface area (TPSA) is 72.0 Å². The van der Waals surface area contributed by atoms with Crippen molar-refractivity contribution in [3.8, 4) is 0 Å². The molecule has 0 saturated heterocycles. The van der Waals surface area contributed by atoms with Crippen molar-refractivity contribution in [1.82, 2.24) is 24.3 Å². The number of hydrogen-bond acceptors (Lipinski definition) is 4. The van der Waals surface area contributed by atoms with Crippen LogP contribution in [0.5, 0.6) is 0 Å². The third-order valence-electron chi connectivity index (χ3n) is 9.30. The van der Waals surface area contributed by atoms with Crippen molar-refractivity contribution in [2.45, 2.75) is 0 Å². The molecule has 5 aromatic carbocycles. The van der Waals surface area contributed by atoms with Crippen molar-refractivity contribution in [1.29, 1.82) is 0 Å². The maximum absolute atomic E-state index is 6.51. The predicted molar refractivity (Wildman–Crippen MR) is 184 cm³/mol. The number of H-pyrrole nitrogens is 1. The number of aromatic amines is 1. The molecule has 45 heavy (non-hydrogen) atoms. The number of benzene rings is 5. The average molecular weight is 576 g/mol. The Morgan fingerprint density at radius 2 is 1.22 bits per heavy atom. The summed E-state index contributed by atoms with van der Waals surface area (Å²) in [6, 6.07) is 42.2. The van der Waals surface area contributed by atoms with E-state index in [1.54, 1.807) is 0 Å². The molecule has 8 bridgehead atoms. The van der Waals surface area contributed by atoms with Crippen molar-refractivity contribution >= 4 is 104 Å². The molecule has 0 unspecified atom stereocenters. The fourth-order valence-corrected chi connectivity index (χ4v) is 7.30. The lowest BCUT2D eigenvalue weighted by Gasteiger charge is -2.02. The lowest BCUT2D eigenvalue weighted by molar-refractivity contribution is 0.671. The third kappa shape index (κ3) is 3.00. The van der Waals surface area contributed by atoms with Crippen molar-refractivity contribution in [3.63, 3.8) is 0 Å². The van der Waals surface area contributed by atoms with Crippen LogP contribution in [-0.4, -0.2) is 24.3 Å². The first-order valence-electron chi connectivity index (χ1n) is 15.0. The molecular formula is C39H21N5O. The van der Waals surface area contributed by atoms with Crippen LogP contribution in [0, 0.1) is 0 Å². The summed E-state index contributed by atoms with van der Waals surface area (Å²) in [5.41, 5.74) is 9.65. The molecule has 11 rings (SSSR count). The molecule has 0 saturated carbocycles. The fraction of sp³-hybridized carbons (Fsp3) is 0. The van der Waals surface area contributed by atoms with E-state index in [0.29, 0.717) is 11.2 Å². The Bertz CT molecular complexity index is 3110. The molecule has 0 fully saturated rings. The zero-order chi connectivity index (χ0) is 29.2. The highest BCUT2D eigenvalue weighted by atomic mass is 16.3. The van der Waals surface area contributed by atoms with Crippen molar-refractivity contribution in [2.75, 3.05) is 0 Å². The molecule has 0 amide bonds. The number of nitrogens with one attached hydrogen (secondary N) is 1. The molecule has 0 radical (unpaired) electrons. The van der Waals surface area contributed by atoms with Gasteiger partial charge >= 0.3 is 0 Å². The lowest BCUT2D eigenvalue weighted by Crippen LogP contribution is -1.89. The van der Waals surface area contributed by atoms with Gasteiger partial charge in [-0.1, -0.05) is 78.9 Å². The summed E-state index contributed by atoms with van der Waals surface area (Å²) in [5.74, 6) is 0. The van der Waals surface area contributed by atoms with E-state index >= 15 is 0 Å². The van der Waals surface area contributed by atoms with Gasteiger partial charge in [-0.15, -0.1) is 0 Å². The Balaban J connectivity index is 1.51. The normalized spacial score (nSPS) is 12.4. The van der Waals surface area contributed by atoms with Gasteiger partial charge < -0.3 is 9.40 Å². The molecule has 0 spiro atoms. The first-order valence-corrected chi connectivity index (χ1v) is 15.0. The maximum atomic E-state index is 6.51. The Kier molecular flexibility index (Phi) is 4.24. The van der Waals surface area contributed by atoms with E-state index in [1.807, 2.05) is 18.2 Å². The second kappa shape index (κ2) is 8.21. The second-order valence-corrected chi connectivity index (χ2v) is 11.7. The minimum absolute atomic E-state index is 0.643. The standard InChI is InChI=1S/C39H21N5O/c1-3-16-31-23(10-1)26-18-19-30-27-14-6-12-24-25-13-7-15-29(34(25)41-33(24)27)36-37-35(28-11-2-4-17-32(28)45-37)42-38(43-36)21-8-5-9-22(20-21)44(31)39(26)40-30/h1-20,41H. The third-order valence-corrected chi connectivity index (χ3v) is 9.30. The van der Waals surface area contributed by atoms with Crippen LogP contribution in [0.15, 0.2) is 126 Å². The van der Waals surface area contributed by atoms with E-state index in [9.17, 15) is 0 Å². The molecule has 6 heterocycles. The molecule has 6 aromatic heterocycles. The van der Waals surface area contributed by atoms with E-state index in [4.69, 9.17) is 19.4 Å². The number of para-hydroxylation sites is 4. The van der Waals surface area contributed by atoms with Gasteiger partial charge in [0.15, 0.2) is 11.2 Å². The van der Waals surface area contributed by atoms with Gasteiger partial charge in [-0.3, -0.25) is 4.40 Å². The Labute approximate surface area is 253 Å². The zero-order valence-electron chi connectivity index (χ0n) is 23.7. The van der Waals surface area contributed by atoms with E-state index in [-0.39, 0.29) is 0 Å². The Hall–Kier alpha value is -6.27. The number of fused-ring (bicyclic) bond motifs is 17. The molecule has 1 N–H and O–H groups in total. The van der Waals surface area contributed by atoms with Crippen LogP contribution in [0.1, 0.15) is 0 Å². The van der Waals surface area contributed by atoms with E-state index in [0.717, 1.165) is 92.9 Å². The molecule has 6 nitrogen and oxygen atoms in total. The van der Waals surface area contributed by atoms with Gasteiger partial charge in [0.25, 0.3) is 0 Å². The van der Waals surface area contributed by atoms with Gasteiger partial charge in [-0.25, -0.2) is 15.0 Å². The average Bonchev–Trinajstić information content (AvgIpc) is 3.77. The molecule has 208 valence electrons. The second-order valence-electron chi connectivity index (χ2n) is 11.7.